The zero-order valence-corrected chi connectivity index (χ0v) is 13.9. The van der Waals surface area contributed by atoms with Gasteiger partial charge in [0, 0.05) is 13.1 Å². The second-order valence-electron chi connectivity index (χ2n) is 7.89. The van der Waals surface area contributed by atoms with E-state index < -0.39 is 5.60 Å². The first-order chi connectivity index (χ1) is 10.8. The standard InChI is InChI=1S/C19H27NO2/c1-18(2,3)22-17(21)20-11-9-19(10-12-20)13-16(14-19)15-7-5-4-6-8-15/h4-8,16H,9-14H2,1-3H3/i7D. The maximum Gasteiger partial charge on any atom is 0.410 e. The Labute approximate surface area is 135 Å². The Balaban J connectivity index is 1.53. The van der Waals surface area contributed by atoms with Crippen molar-refractivity contribution in [1.29, 1.82) is 0 Å². The molecule has 0 unspecified atom stereocenters. The van der Waals surface area contributed by atoms with Crippen LogP contribution in [0.1, 0.15) is 59.3 Å². The number of rotatable bonds is 1. The summed E-state index contributed by atoms with van der Waals surface area (Å²) in [5.41, 5.74) is 1.14. The van der Waals surface area contributed by atoms with Crippen LogP contribution >= 0.6 is 0 Å². The Morgan fingerprint density at radius 1 is 1.27 bits per heavy atom. The first kappa shape index (κ1) is 14.1. The molecule has 2 aliphatic rings. The molecule has 3 heteroatoms. The predicted octanol–water partition coefficient (Wildman–Crippen LogP) is 4.58. The van der Waals surface area contributed by atoms with Gasteiger partial charge in [-0.1, -0.05) is 30.3 Å². The van der Waals surface area contributed by atoms with Crippen LogP contribution in [0.5, 0.6) is 0 Å². The average Bonchev–Trinajstić information content (AvgIpc) is 2.44. The van der Waals surface area contributed by atoms with Crippen molar-refractivity contribution in [3.8, 4) is 0 Å². The molecule has 0 atom stereocenters. The Hall–Kier alpha value is -1.51. The van der Waals surface area contributed by atoms with E-state index in [9.17, 15) is 4.79 Å². The molecule has 0 N–H and O–H groups in total. The highest BCUT2D eigenvalue weighted by molar-refractivity contribution is 5.68. The Bertz CT molecular complexity index is 577. The lowest BCUT2D eigenvalue weighted by molar-refractivity contribution is -0.0121. The molecule has 1 aliphatic carbocycles. The third-order valence-electron chi connectivity index (χ3n) is 5.01. The first-order valence-corrected chi connectivity index (χ1v) is 8.32. The molecule has 1 aliphatic heterocycles. The van der Waals surface area contributed by atoms with Gasteiger partial charge >= 0.3 is 6.09 Å². The van der Waals surface area contributed by atoms with E-state index in [2.05, 4.69) is 6.07 Å². The van der Waals surface area contributed by atoms with E-state index in [1.54, 1.807) is 0 Å². The summed E-state index contributed by atoms with van der Waals surface area (Å²) in [6.07, 6.45) is 4.25. The van der Waals surface area contributed by atoms with E-state index in [1.165, 1.54) is 5.56 Å². The first-order valence-electron chi connectivity index (χ1n) is 8.82. The maximum atomic E-state index is 12.1. The van der Waals surface area contributed by atoms with Gasteiger partial charge in [0.2, 0.25) is 0 Å². The fourth-order valence-electron chi connectivity index (χ4n) is 3.77. The summed E-state index contributed by atoms with van der Waals surface area (Å²) in [6.45, 7) is 7.32. The van der Waals surface area contributed by atoms with Gasteiger partial charge in [-0.3, -0.25) is 0 Å². The van der Waals surface area contributed by atoms with Crippen LogP contribution in [0.25, 0.3) is 0 Å². The highest BCUT2D eigenvalue weighted by atomic mass is 16.6. The molecule has 120 valence electrons. The lowest BCUT2D eigenvalue weighted by atomic mass is 9.56. The van der Waals surface area contributed by atoms with Crippen molar-refractivity contribution in [2.75, 3.05) is 13.1 Å². The minimum Gasteiger partial charge on any atom is -0.444 e. The second kappa shape index (κ2) is 5.60. The monoisotopic (exact) mass is 302 g/mol. The normalized spacial score (nSPS) is 22.1. The molecule has 0 radical (unpaired) electrons. The van der Waals surface area contributed by atoms with Crippen LogP contribution in [0.15, 0.2) is 30.3 Å². The van der Waals surface area contributed by atoms with Crippen molar-refractivity contribution < 1.29 is 10.9 Å². The highest BCUT2D eigenvalue weighted by Gasteiger charge is 2.46. The van der Waals surface area contributed by atoms with E-state index in [-0.39, 0.29) is 6.09 Å². The van der Waals surface area contributed by atoms with Crippen molar-refractivity contribution in [2.24, 2.45) is 5.41 Å². The van der Waals surface area contributed by atoms with Crippen LogP contribution in [0.3, 0.4) is 0 Å². The zero-order valence-electron chi connectivity index (χ0n) is 14.9. The van der Waals surface area contributed by atoms with Crippen molar-refractivity contribution in [3.05, 3.63) is 35.9 Å². The summed E-state index contributed by atoms with van der Waals surface area (Å²) in [4.78, 5) is 14.0. The van der Waals surface area contributed by atoms with Crippen molar-refractivity contribution in [2.45, 2.75) is 58.0 Å². The number of carbonyl (C=O) groups is 1. The van der Waals surface area contributed by atoms with Crippen molar-refractivity contribution >= 4 is 6.09 Å². The SMILES string of the molecule is [2H]c1ccccc1C1CC2(CCN(C(=O)OC(C)(C)C)CC2)C1. The van der Waals surface area contributed by atoms with Crippen LogP contribution in [0, 0.1) is 5.41 Å². The molecule has 0 aromatic heterocycles. The molecule has 1 aromatic carbocycles. The molecular weight excluding hydrogens is 274 g/mol. The van der Waals surface area contributed by atoms with E-state index in [0.29, 0.717) is 17.4 Å². The number of likely N-dealkylation sites (tertiary alicyclic amines) is 1. The third kappa shape index (κ3) is 3.29. The average molecular weight is 302 g/mol. The molecule has 1 saturated heterocycles. The number of amides is 1. The summed E-state index contributed by atoms with van der Waals surface area (Å²) in [7, 11) is 0. The molecule has 1 amide bonds. The number of hydrogen-bond acceptors (Lipinski definition) is 2. The van der Waals surface area contributed by atoms with Gasteiger partial charge in [0.1, 0.15) is 5.60 Å². The predicted molar refractivity (Wildman–Crippen MR) is 87.9 cm³/mol. The summed E-state index contributed by atoms with van der Waals surface area (Å²) in [5, 5.41) is 0. The number of hydrogen-bond donors (Lipinski definition) is 0. The summed E-state index contributed by atoms with van der Waals surface area (Å²) in [6, 6.07) is 8.60. The molecule has 2 fully saturated rings. The number of nitrogens with zero attached hydrogens (tertiary/aromatic N) is 1. The van der Waals surface area contributed by atoms with Crippen LogP contribution < -0.4 is 0 Å². The fraction of sp³-hybridized carbons (Fsp3) is 0.632. The molecular formula is C19H27NO2. The quantitative estimate of drug-likeness (QED) is 0.760. The Kier molecular flexibility index (Phi) is 3.59. The number of ether oxygens (including phenoxy) is 1. The van der Waals surface area contributed by atoms with Crippen LogP contribution in [-0.4, -0.2) is 29.7 Å². The van der Waals surface area contributed by atoms with Gasteiger partial charge in [0.05, 0.1) is 1.37 Å². The topological polar surface area (TPSA) is 29.5 Å². The summed E-state index contributed by atoms with van der Waals surface area (Å²) < 4.78 is 13.5. The number of benzene rings is 1. The zero-order chi connectivity index (χ0) is 16.7. The lowest BCUT2D eigenvalue weighted by Crippen LogP contribution is -2.49. The van der Waals surface area contributed by atoms with Gasteiger partial charge in [-0.2, -0.15) is 0 Å². The van der Waals surface area contributed by atoms with E-state index in [4.69, 9.17) is 6.11 Å². The number of carbonyl (C=O) groups excluding carboxylic acids is 1. The largest absolute Gasteiger partial charge is 0.444 e. The van der Waals surface area contributed by atoms with E-state index in [0.717, 1.165) is 38.8 Å². The molecule has 1 aromatic rings. The number of piperidine rings is 1. The maximum absolute atomic E-state index is 12.1. The third-order valence-corrected chi connectivity index (χ3v) is 5.01. The van der Waals surface area contributed by atoms with Gasteiger partial charge in [0.25, 0.3) is 0 Å². The van der Waals surface area contributed by atoms with E-state index >= 15 is 0 Å². The van der Waals surface area contributed by atoms with Gasteiger partial charge in [0.15, 0.2) is 0 Å². The molecule has 3 nitrogen and oxygen atoms in total. The Morgan fingerprint density at radius 2 is 1.95 bits per heavy atom. The minimum absolute atomic E-state index is 0.181. The van der Waals surface area contributed by atoms with Crippen LogP contribution in [0.2, 0.25) is 0 Å². The summed E-state index contributed by atoms with van der Waals surface area (Å²) in [5.74, 6) is 0.525. The lowest BCUT2D eigenvalue weighted by Gasteiger charge is -2.52. The Morgan fingerprint density at radius 3 is 2.55 bits per heavy atom. The molecule has 3 rings (SSSR count). The smallest absolute Gasteiger partial charge is 0.410 e. The molecule has 1 saturated carbocycles. The highest BCUT2D eigenvalue weighted by Crippen LogP contribution is 2.56. The summed E-state index contributed by atoms with van der Waals surface area (Å²) >= 11 is 0. The second-order valence-corrected chi connectivity index (χ2v) is 7.89. The van der Waals surface area contributed by atoms with Crippen LogP contribution in [-0.2, 0) is 4.74 Å². The van der Waals surface area contributed by atoms with Gasteiger partial charge in [-0.25, -0.2) is 4.79 Å². The van der Waals surface area contributed by atoms with Gasteiger partial charge in [-0.05, 0) is 63.4 Å². The minimum atomic E-state index is -0.425. The molecule has 1 spiro atoms. The van der Waals surface area contributed by atoms with Gasteiger partial charge < -0.3 is 9.64 Å². The van der Waals surface area contributed by atoms with Crippen LogP contribution in [0.4, 0.5) is 4.79 Å². The molecule has 22 heavy (non-hydrogen) atoms. The molecule has 1 heterocycles. The molecule has 0 bridgehead atoms. The van der Waals surface area contributed by atoms with Crippen molar-refractivity contribution in [3.63, 3.8) is 0 Å². The van der Waals surface area contributed by atoms with Gasteiger partial charge in [-0.15, -0.1) is 0 Å². The van der Waals surface area contributed by atoms with E-state index in [1.807, 2.05) is 43.9 Å². The van der Waals surface area contributed by atoms with Crippen molar-refractivity contribution in [1.82, 2.24) is 4.90 Å². The fourth-order valence-corrected chi connectivity index (χ4v) is 3.77.